The van der Waals surface area contributed by atoms with Crippen LogP contribution in [-0.4, -0.2) is 26.7 Å². The molecule has 2 aromatic rings. The lowest BCUT2D eigenvalue weighted by Gasteiger charge is -2.20. The van der Waals surface area contributed by atoms with Crippen LogP contribution in [0.15, 0.2) is 30.3 Å². The van der Waals surface area contributed by atoms with Gasteiger partial charge in [-0.3, -0.25) is 4.79 Å². The minimum atomic E-state index is -0.223. The largest absolute Gasteiger partial charge is 0.493 e. The molecule has 0 bridgehead atoms. The fraction of sp³-hybridized carbons (Fsp3) is 0.435. The highest BCUT2D eigenvalue weighted by atomic mass is 16.5. The number of carbonyl (C=O) groups excluding carboxylic acids is 1. The van der Waals surface area contributed by atoms with Gasteiger partial charge in [-0.25, -0.2) is 0 Å². The first-order valence-electron chi connectivity index (χ1n) is 9.56. The second-order valence-electron chi connectivity index (χ2n) is 7.46. The number of methoxy groups -OCH3 is 2. The molecule has 0 unspecified atom stereocenters. The molecule has 5 heteroatoms. The number of ether oxygens (including phenoxy) is 3. The van der Waals surface area contributed by atoms with Gasteiger partial charge in [-0.2, -0.15) is 0 Å². The normalized spacial score (nSPS) is 10.9. The van der Waals surface area contributed by atoms with Crippen LogP contribution in [0.4, 0.5) is 5.69 Å². The standard InChI is InChI=1S/C23H31NO4/c1-14(2)17-9-8-10-18(15(3)4)22(17)24-21(25)13-28-23-19(26-6)11-16(5)12-20(23)27-7/h8-12,14-15H,13H2,1-7H3,(H,24,25). The van der Waals surface area contributed by atoms with Crippen LogP contribution in [0.2, 0.25) is 0 Å². The highest BCUT2D eigenvalue weighted by Gasteiger charge is 2.18. The Morgan fingerprint density at radius 3 is 1.89 bits per heavy atom. The Morgan fingerprint density at radius 2 is 1.46 bits per heavy atom. The van der Waals surface area contributed by atoms with Gasteiger partial charge >= 0.3 is 0 Å². The quantitative estimate of drug-likeness (QED) is 0.672. The molecule has 2 aromatic carbocycles. The number of aryl methyl sites for hydroxylation is 1. The first-order chi connectivity index (χ1) is 13.3. The van der Waals surface area contributed by atoms with E-state index in [9.17, 15) is 4.79 Å². The predicted octanol–water partition coefficient (Wildman–Crippen LogP) is 5.28. The van der Waals surface area contributed by atoms with Crippen LogP contribution < -0.4 is 19.5 Å². The molecule has 0 heterocycles. The summed E-state index contributed by atoms with van der Waals surface area (Å²) in [5.41, 5.74) is 4.09. The van der Waals surface area contributed by atoms with E-state index >= 15 is 0 Å². The summed E-state index contributed by atoms with van der Waals surface area (Å²) in [5, 5.41) is 3.05. The van der Waals surface area contributed by atoms with Crippen molar-refractivity contribution in [3.05, 3.63) is 47.0 Å². The lowest BCUT2D eigenvalue weighted by molar-refractivity contribution is -0.118. The minimum Gasteiger partial charge on any atom is -0.493 e. The van der Waals surface area contributed by atoms with Crippen molar-refractivity contribution in [2.24, 2.45) is 0 Å². The zero-order valence-corrected chi connectivity index (χ0v) is 17.9. The van der Waals surface area contributed by atoms with Crippen LogP contribution >= 0.6 is 0 Å². The fourth-order valence-electron chi connectivity index (χ4n) is 3.16. The molecule has 0 spiro atoms. The molecule has 1 amide bonds. The van der Waals surface area contributed by atoms with Gasteiger partial charge in [-0.15, -0.1) is 0 Å². The monoisotopic (exact) mass is 385 g/mol. The van der Waals surface area contributed by atoms with Gasteiger partial charge in [-0.05, 0) is 47.6 Å². The molecule has 0 radical (unpaired) electrons. The molecular formula is C23H31NO4. The molecule has 152 valence electrons. The second kappa shape index (κ2) is 9.49. The van der Waals surface area contributed by atoms with Gasteiger partial charge in [0.05, 0.1) is 14.2 Å². The van der Waals surface area contributed by atoms with Crippen molar-refractivity contribution >= 4 is 11.6 Å². The van der Waals surface area contributed by atoms with E-state index in [-0.39, 0.29) is 12.5 Å². The molecule has 0 aliphatic heterocycles. The average Bonchev–Trinajstić information content (AvgIpc) is 2.65. The third-order valence-corrected chi connectivity index (χ3v) is 4.59. The number of para-hydroxylation sites is 1. The van der Waals surface area contributed by atoms with E-state index in [1.165, 1.54) is 0 Å². The summed E-state index contributed by atoms with van der Waals surface area (Å²) in [6.45, 7) is 10.3. The Kier molecular flexibility index (Phi) is 7.32. The maximum absolute atomic E-state index is 12.7. The van der Waals surface area contributed by atoms with Gasteiger partial charge in [0, 0.05) is 5.69 Å². The SMILES string of the molecule is COc1cc(C)cc(OC)c1OCC(=O)Nc1c(C(C)C)cccc1C(C)C. The van der Waals surface area contributed by atoms with Crippen LogP contribution in [0.1, 0.15) is 56.2 Å². The van der Waals surface area contributed by atoms with Crippen molar-refractivity contribution in [3.8, 4) is 17.2 Å². The van der Waals surface area contributed by atoms with E-state index in [0.717, 1.165) is 22.4 Å². The topological polar surface area (TPSA) is 56.8 Å². The van der Waals surface area contributed by atoms with Crippen LogP contribution in [0.3, 0.4) is 0 Å². The van der Waals surface area contributed by atoms with E-state index in [2.05, 4.69) is 45.1 Å². The summed E-state index contributed by atoms with van der Waals surface area (Å²) in [6.07, 6.45) is 0. The maximum Gasteiger partial charge on any atom is 0.262 e. The van der Waals surface area contributed by atoms with E-state index < -0.39 is 0 Å². The molecule has 0 aromatic heterocycles. The van der Waals surface area contributed by atoms with Crippen molar-refractivity contribution in [2.45, 2.75) is 46.5 Å². The summed E-state index contributed by atoms with van der Waals surface area (Å²) < 4.78 is 16.5. The molecule has 0 aliphatic rings. The summed E-state index contributed by atoms with van der Waals surface area (Å²) in [4.78, 5) is 12.7. The Bertz CT molecular complexity index is 776. The average molecular weight is 386 g/mol. The summed E-state index contributed by atoms with van der Waals surface area (Å²) >= 11 is 0. The Labute approximate surface area is 168 Å². The van der Waals surface area contributed by atoms with Gasteiger partial charge in [0.25, 0.3) is 5.91 Å². The number of amides is 1. The van der Waals surface area contributed by atoms with Crippen molar-refractivity contribution < 1.29 is 19.0 Å². The smallest absolute Gasteiger partial charge is 0.262 e. The van der Waals surface area contributed by atoms with Gasteiger partial charge in [0.15, 0.2) is 18.1 Å². The van der Waals surface area contributed by atoms with Crippen LogP contribution in [0, 0.1) is 6.92 Å². The van der Waals surface area contributed by atoms with Gasteiger partial charge in [0.2, 0.25) is 5.75 Å². The number of hydrogen-bond donors (Lipinski definition) is 1. The molecule has 0 saturated carbocycles. The highest BCUT2D eigenvalue weighted by Crippen LogP contribution is 2.38. The number of benzene rings is 2. The van der Waals surface area contributed by atoms with E-state index in [1.807, 2.05) is 25.1 Å². The number of anilines is 1. The zero-order chi connectivity index (χ0) is 20.8. The van der Waals surface area contributed by atoms with Crippen molar-refractivity contribution in [1.29, 1.82) is 0 Å². The molecule has 1 N–H and O–H groups in total. The van der Waals surface area contributed by atoms with Crippen molar-refractivity contribution in [1.82, 2.24) is 0 Å². The fourth-order valence-corrected chi connectivity index (χ4v) is 3.16. The summed E-state index contributed by atoms with van der Waals surface area (Å²) in [7, 11) is 3.13. The van der Waals surface area contributed by atoms with Gasteiger partial charge in [-0.1, -0.05) is 45.9 Å². The molecule has 2 rings (SSSR count). The summed E-state index contributed by atoms with van der Waals surface area (Å²) in [5.74, 6) is 1.87. The number of rotatable bonds is 8. The highest BCUT2D eigenvalue weighted by molar-refractivity contribution is 5.93. The lowest BCUT2D eigenvalue weighted by atomic mass is 9.92. The zero-order valence-electron chi connectivity index (χ0n) is 17.9. The van der Waals surface area contributed by atoms with E-state index in [0.29, 0.717) is 29.1 Å². The Hall–Kier alpha value is -2.69. The van der Waals surface area contributed by atoms with E-state index in [1.54, 1.807) is 14.2 Å². The molecule has 28 heavy (non-hydrogen) atoms. The maximum atomic E-state index is 12.7. The first-order valence-corrected chi connectivity index (χ1v) is 9.56. The molecule has 0 fully saturated rings. The minimum absolute atomic E-state index is 0.139. The molecule has 0 saturated heterocycles. The van der Waals surface area contributed by atoms with E-state index in [4.69, 9.17) is 14.2 Å². The Balaban J connectivity index is 2.23. The predicted molar refractivity (Wildman–Crippen MR) is 113 cm³/mol. The number of nitrogens with one attached hydrogen (secondary N) is 1. The Morgan fingerprint density at radius 1 is 0.964 bits per heavy atom. The second-order valence-corrected chi connectivity index (χ2v) is 7.46. The van der Waals surface area contributed by atoms with Crippen LogP contribution in [-0.2, 0) is 4.79 Å². The number of hydrogen-bond acceptors (Lipinski definition) is 4. The third kappa shape index (κ3) is 4.97. The van der Waals surface area contributed by atoms with Gasteiger partial charge < -0.3 is 19.5 Å². The number of carbonyl (C=O) groups is 1. The third-order valence-electron chi connectivity index (χ3n) is 4.59. The van der Waals surface area contributed by atoms with Crippen LogP contribution in [0.25, 0.3) is 0 Å². The van der Waals surface area contributed by atoms with Crippen LogP contribution in [0.5, 0.6) is 17.2 Å². The molecule has 0 aliphatic carbocycles. The lowest BCUT2D eigenvalue weighted by Crippen LogP contribution is -2.22. The molecule has 5 nitrogen and oxygen atoms in total. The van der Waals surface area contributed by atoms with Crippen molar-refractivity contribution in [3.63, 3.8) is 0 Å². The van der Waals surface area contributed by atoms with Crippen molar-refractivity contribution in [2.75, 3.05) is 26.1 Å². The molecule has 0 atom stereocenters. The molecular weight excluding hydrogens is 354 g/mol. The van der Waals surface area contributed by atoms with Gasteiger partial charge in [0.1, 0.15) is 0 Å². The summed E-state index contributed by atoms with van der Waals surface area (Å²) in [6, 6.07) is 9.85. The first kappa shape index (κ1) is 21.6.